The first kappa shape index (κ1) is 13.4. The molecule has 0 spiro atoms. The summed E-state index contributed by atoms with van der Waals surface area (Å²) in [7, 11) is 0. The van der Waals surface area contributed by atoms with E-state index in [0.717, 1.165) is 17.7 Å². The Morgan fingerprint density at radius 2 is 2.00 bits per heavy atom. The van der Waals surface area contributed by atoms with E-state index >= 15 is 0 Å². The fourth-order valence-electron chi connectivity index (χ4n) is 3.28. The van der Waals surface area contributed by atoms with Crippen molar-refractivity contribution < 1.29 is 9.90 Å². The molecule has 0 saturated carbocycles. The Hall–Kier alpha value is -1.55. The van der Waals surface area contributed by atoms with Gasteiger partial charge in [-0.2, -0.15) is 0 Å². The zero-order valence-corrected chi connectivity index (χ0v) is 11.9. The summed E-state index contributed by atoms with van der Waals surface area (Å²) in [5, 5.41) is 13.0. The number of rotatable bonds is 1. The first-order valence-electron chi connectivity index (χ1n) is 7.47. The third kappa shape index (κ3) is 2.52. The van der Waals surface area contributed by atoms with Crippen molar-refractivity contribution in [3.05, 3.63) is 29.8 Å². The van der Waals surface area contributed by atoms with Crippen LogP contribution in [0.3, 0.4) is 0 Å². The van der Waals surface area contributed by atoms with Crippen LogP contribution in [0.5, 0.6) is 0 Å². The van der Waals surface area contributed by atoms with Crippen molar-refractivity contribution in [3.63, 3.8) is 0 Å². The summed E-state index contributed by atoms with van der Waals surface area (Å²) in [5.41, 5.74) is 2.20. The largest absolute Gasteiger partial charge is 0.393 e. The van der Waals surface area contributed by atoms with Crippen molar-refractivity contribution in [2.45, 2.75) is 44.2 Å². The SMILES string of the molecule is CC1CC(C(=O)N2CCC(O)CC2)c2ccccc2N1. The number of aliphatic hydroxyl groups is 1. The van der Waals surface area contributed by atoms with Crippen LogP contribution in [0.25, 0.3) is 0 Å². The Morgan fingerprint density at radius 3 is 2.75 bits per heavy atom. The summed E-state index contributed by atoms with van der Waals surface area (Å²) in [6.07, 6.45) is 2.01. The molecule has 0 aromatic heterocycles. The maximum Gasteiger partial charge on any atom is 0.230 e. The van der Waals surface area contributed by atoms with E-state index in [1.807, 2.05) is 23.1 Å². The van der Waals surface area contributed by atoms with E-state index in [0.29, 0.717) is 32.0 Å². The smallest absolute Gasteiger partial charge is 0.230 e. The van der Waals surface area contributed by atoms with E-state index in [9.17, 15) is 9.90 Å². The molecule has 20 heavy (non-hydrogen) atoms. The first-order chi connectivity index (χ1) is 9.65. The maximum absolute atomic E-state index is 12.8. The van der Waals surface area contributed by atoms with Crippen molar-refractivity contribution >= 4 is 11.6 Å². The van der Waals surface area contributed by atoms with Gasteiger partial charge in [-0.05, 0) is 37.8 Å². The average Bonchev–Trinajstić information content (AvgIpc) is 2.46. The highest BCUT2D eigenvalue weighted by Gasteiger charge is 2.33. The van der Waals surface area contributed by atoms with Gasteiger partial charge in [0.05, 0.1) is 12.0 Å². The minimum atomic E-state index is -0.238. The molecule has 0 bridgehead atoms. The second kappa shape index (κ2) is 5.44. The molecule has 2 aliphatic rings. The number of likely N-dealkylation sites (tertiary alicyclic amines) is 1. The van der Waals surface area contributed by atoms with Gasteiger partial charge in [0, 0.05) is 24.8 Å². The number of piperidine rings is 1. The minimum Gasteiger partial charge on any atom is -0.393 e. The van der Waals surface area contributed by atoms with E-state index < -0.39 is 0 Å². The Morgan fingerprint density at radius 1 is 1.30 bits per heavy atom. The quantitative estimate of drug-likeness (QED) is 0.823. The highest BCUT2D eigenvalue weighted by atomic mass is 16.3. The summed E-state index contributed by atoms with van der Waals surface area (Å²) in [6.45, 7) is 3.48. The van der Waals surface area contributed by atoms with E-state index in [-0.39, 0.29) is 17.9 Å². The molecule has 1 aromatic rings. The van der Waals surface area contributed by atoms with Crippen LogP contribution in [0.1, 0.15) is 37.7 Å². The number of para-hydroxylation sites is 1. The summed E-state index contributed by atoms with van der Waals surface area (Å²) in [5.74, 6) is 0.176. The second-order valence-corrected chi connectivity index (χ2v) is 5.98. The standard InChI is InChI=1S/C16H22N2O2/c1-11-10-14(13-4-2-3-5-15(13)17-11)16(20)18-8-6-12(19)7-9-18/h2-5,11-12,14,17,19H,6-10H2,1H3. The zero-order chi connectivity index (χ0) is 14.1. The molecule has 4 nitrogen and oxygen atoms in total. The molecule has 2 unspecified atom stereocenters. The van der Waals surface area contributed by atoms with Crippen LogP contribution < -0.4 is 5.32 Å². The maximum atomic E-state index is 12.8. The van der Waals surface area contributed by atoms with Gasteiger partial charge in [0.15, 0.2) is 0 Å². The third-order valence-corrected chi connectivity index (χ3v) is 4.40. The van der Waals surface area contributed by atoms with Crippen molar-refractivity contribution in [1.82, 2.24) is 4.90 Å². The molecule has 4 heteroatoms. The molecule has 1 saturated heterocycles. The fourth-order valence-corrected chi connectivity index (χ4v) is 3.28. The molecule has 1 fully saturated rings. The van der Waals surface area contributed by atoms with Crippen molar-refractivity contribution in [1.29, 1.82) is 0 Å². The molecule has 2 aliphatic heterocycles. The lowest BCUT2D eigenvalue weighted by Crippen LogP contribution is -2.44. The number of anilines is 1. The topological polar surface area (TPSA) is 52.6 Å². The van der Waals surface area contributed by atoms with Crippen molar-refractivity contribution in [3.8, 4) is 0 Å². The Kier molecular flexibility index (Phi) is 3.66. The van der Waals surface area contributed by atoms with E-state index in [1.54, 1.807) is 0 Å². The summed E-state index contributed by atoms with van der Waals surface area (Å²) >= 11 is 0. The highest BCUT2D eigenvalue weighted by molar-refractivity contribution is 5.86. The molecule has 1 aromatic carbocycles. The lowest BCUT2D eigenvalue weighted by Gasteiger charge is -2.36. The zero-order valence-electron chi connectivity index (χ0n) is 11.9. The molecule has 2 N–H and O–H groups in total. The number of carbonyl (C=O) groups excluding carboxylic acids is 1. The lowest BCUT2D eigenvalue weighted by molar-refractivity contribution is -0.135. The van der Waals surface area contributed by atoms with Crippen LogP contribution in [0.4, 0.5) is 5.69 Å². The number of fused-ring (bicyclic) bond motifs is 1. The predicted molar refractivity (Wildman–Crippen MR) is 78.7 cm³/mol. The Labute approximate surface area is 119 Å². The highest BCUT2D eigenvalue weighted by Crippen LogP contribution is 2.35. The van der Waals surface area contributed by atoms with Gasteiger partial charge in [-0.3, -0.25) is 4.79 Å². The molecule has 0 radical (unpaired) electrons. The normalized spacial score (nSPS) is 26.8. The molecule has 1 amide bonds. The molecular formula is C16H22N2O2. The Bertz CT molecular complexity index is 495. The molecule has 2 atom stereocenters. The molecule has 0 aliphatic carbocycles. The van der Waals surface area contributed by atoms with Gasteiger partial charge in [-0.1, -0.05) is 18.2 Å². The van der Waals surface area contributed by atoms with Crippen molar-refractivity contribution in [2.75, 3.05) is 18.4 Å². The van der Waals surface area contributed by atoms with Crippen LogP contribution in [-0.2, 0) is 4.79 Å². The van der Waals surface area contributed by atoms with Crippen LogP contribution in [-0.4, -0.2) is 41.1 Å². The van der Waals surface area contributed by atoms with Gasteiger partial charge in [0.1, 0.15) is 0 Å². The van der Waals surface area contributed by atoms with E-state index in [1.165, 1.54) is 0 Å². The van der Waals surface area contributed by atoms with E-state index in [2.05, 4.69) is 18.3 Å². The van der Waals surface area contributed by atoms with Gasteiger partial charge in [0.2, 0.25) is 5.91 Å². The van der Waals surface area contributed by atoms with Gasteiger partial charge in [-0.25, -0.2) is 0 Å². The lowest BCUT2D eigenvalue weighted by atomic mass is 9.86. The molecular weight excluding hydrogens is 252 g/mol. The van der Waals surface area contributed by atoms with Crippen LogP contribution >= 0.6 is 0 Å². The van der Waals surface area contributed by atoms with Crippen LogP contribution in [0, 0.1) is 0 Å². The minimum absolute atomic E-state index is 0.0438. The first-order valence-corrected chi connectivity index (χ1v) is 7.47. The number of amides is 1. The van der Waals surface area contributed by atoms with Gasteiger partial charge >= 0.3 is 0 Å². The van der Waals surface area contributed by atoms with E-state index in [4.69, 9.17) is 0 Å². The number of aliphatic hydroxyl groups excluding tert-OH is 1. The van der Waals surface area contributed by atoms with Crippen LogP contribution in [0.2, 0.25) is 0 Å². The molecule has 108 valence electrons. The van der Waals surface area contributed by atoms with Gasteiger partial charge in [0.25, 0.3) is 0 Å². The number of benzene rings is 1. The second-order valence-electron chi connectivity index (χ2n) is 5.98. The molecule has 2 heterocycles. The van der Waals surface area contributed by atoms with Gasteiger partial charge < -0.3 is 15.3 Å². The predicted octanol–water partition coefficient (Wildman–Crippen LogP) is 1.96. The number of nitrogens with zero attached hydrogens (tertiary/aromatic N) is 1. The number of hydrogen-bond acceptors (Lipinski definition) is 3. The van der Waals surface area contributed by atoms with Crippen molar-refractivity contribution in [2.24, 2.45) is 0 Å². The van der Waals surface area contributed by atoms with Crippen LogP contribution in [0.15, 0.2) is 24.3 Å². The number of nitrogens with one attached hydrogen (secondary N) is 1. The number of carbonyl (C=O) groups is 1. The average molecular weight is 274 g/mol. The van der Waals surface area contributed by atoms with Gasteiger partial charge in [-0.15, -0.1) is 0 Å². The third-order valence-electron chi connectivity index (χ3n) is 4.40. The summed E-state index contributed by atoms with van der Waals surface area (Å²) in [4.78, 5) is 14.7. The molecule has 3 rings (SSSR count). The summed E-state index contributed by atoms with van der Waals surface area (Å²) in [6, 6.07) is 8.41. The fraction of sp³-hybridized carbons (Fsp3) is 0.562. The summed E-state index contributed by atoms with van der Waals surface area (Å²) < 4.78 is 0. The monoisotopic (exact) mass is 274 g/mol. The number of hydrogen-bond donors (Lipinski definition) is 2. The Balaban J connectivity index is 1.81.